The molecule has 31 heavy (non-hydrogen) atoms. The third-order valence-corrected chi connectivity index (χ3v) is 6.64. The maximum atomic E-state index is 12.8. The van der Waals surface area contributed by atoms with Crippen molar-refractivity contribution in [2.45, 2.75) is 70.4 Å². The van der Waals surface area contributed by atoms with E-state index in [0.717, 1.165) is 44.1 Å². The van der Waals surface area contributed by atoms with Gasteiger partial charge in [-0.1, -0.05) is 17.9 Å². The summed E-state index contributed by atoms with van der Waals surface area (Å²) in [5.74, 6) is 5.99. The van der Waals surface area contributed by atoms with Crippen molar-refractivity contribution in [1.82, 2.24) is 0 Å². The molecular formula is C26H31F3O2. The van der Waals surface area contributed by atoms with Gasteiger partial charge in [-0.25, -0.2) is 0 Å². The molecule has 0 atom stereocenters. The number of benzene rings is 1. The Kier molecular flexibility index (Phi) is 8.23. The minimum atomic E-state index is -4.09. The van der Waals surface area contributed by atoms with Crippen LogP contribution in [0, 0.1) is 35.5 Å². The van der Waals surface area contributed by atoms with E-state index in [1.807, 2.05) is 6.08 Å². The van der Waals surface area contributed by atoms with E-state index < -0.39 is 12.1 Å². The molecule has 2 aliphatic rings. The van der Waals surface area contributed by atoms with Crippen LogP contribution in [0.15, 0.2) is 36.9 Å². The highest BCUT2D eigenvalue weighted by Crippen LogP contribution is 2.39. The first-order valence-corrected chi connectivity index (χ1v) is 11.4. The molecule has 2 aliphatic carbocycles. The summed E-state index contributed by atoms with van der Waals surface area (Å²) in [5, 5.41) is 0. The smallest absolute Gasteiger partial charge is 0.391 e. The molecule has 2 fully saturated rings. The molecule has 0 unspecified atom stereocenters. The van der Waals surface area contributed by atoms with Gasteiger partial charge in [0.05, 0.1) is 11.8 Å². The first kappa shape index (κ1) is 23.4. The molecule has 0 spiro atoms. The number of ether oxygens (including phenoxy) is 1. The zero-order valence-electron chi connectivity index (χ0n) is 17.9. The Morgan fingerprint density at radius 1 is 1.03 bits per heavy atom. The lowest BCUT2D eigenvalue weighted by Gasteiger charge is -2.27. The molecule has 1 aromatic carbocycles. The van der Waals surface area contributed by atoms with Crippen molar-refractivity contribution in [1.29, 1.82) is 0 Å². The van der Waals surface area contributed by atoms with Gasteiger partial charge < -0.3 is 4.74 Å². The van der Waals surface area contributed by atoms with Gasteiger partial charge >= 0.3 is 12.1 Å². The Balaban J connectivity index is 1.44. The van der Waals surface area contributed by atoms with Gasteiger partial charge in [-0.15, -0.1) is 6.58 Å². The Morgan fingerprint density at radius 3 is 2.26 bits per heavy atom. The van der Waals surface area contributed by atoms with Gasteiger partial charge in [-0.2, -0.15) is 13.2 Å². The van der Waals surface area contributed by atoms with Crippen molar-refractivity contribution in [3.63, 3.8) is 0 Å². The highest BCUT2D eigenvalue weighted by molar-refractivity contribution is 5.75. The molecule has 0 amide bonds. The lowest BCUT2D eigenvalue weighted by molar-refractivity contribution is -0.183. The monoisotopic (exact) mass is 432 g/mol. The minimum Gasteiger partial charge on any atom is -0.426 e. The number of hydrogen-bond donors (Lipinski definition) is 0. The largest absolute Gasteiger partial charge is 0.426 e. The molecule has 168 valence electrons. The first-order chi connectivity index (χ1) is 14.8. The number of carbonyl (C=O) groups is 1. The number of alkyl halides is 3. The molecule has 0 radical (unpaired) electrons. The van der Waals surface area contributed by atoms with Gasteiger partial charge in [0, 0.05) is 11.5 Å². The molecule has 0 saturated heterocycles. The fraction of sp³-hybridized carbons (Fsp3) is 0.577. The second kappa shape index (κ2) is 10.9. The normalized spacial score (nSPS) is 26.4. The van der Waals surface area contributed by atoms with Gasteiger partial charge in [0.15, 0.2) is 0 Å². The van der Waals surface area contributed by atoms with Crippen molar-refractivity contribution in [2.24, 2.45) is 23.7 Å². The fourth-order valence-electron chi connectivity index (χ4n) is 4.60. The summed E-state index contributed by atoms with van der Waals surface area (Å²) >= 11 is 0. The molecule has 0 N–H and O–H groups in total. The van der Waals surface area contributed by atoms with Crippen LogP contribution in [0.1, 0.15) is 69.8 Å². The van der Waals surface area contributed by atoms with Crippen molar-refractivity contribution in [2.75, 3.05) is 0 Å². The minimum absolute atomic E-state index is 0.0118. The van der Waals surface area contributed by atoms with Crippen molar-refractivity contribution < 1.29 is 22.7 Å². The van der Waals surface area contributed by atoms with Gasteiger partial charge in [0.1, 0.15) is 5.75 Å². The molecule has 2 nitrogen and oxygen atoms in total. The van der Waals surface area contributed by atoms with Crippen molar-refractivity contribution in [3.05, 3.63) is 42.5 Å². The maximum Gasteiger partial charge on any atom is 0.391 e. The van der Waals surface area contributed by atoms with Gasteiger partial charge in [0.25, 0.3) is 0 Å². The highest BCUT2D eigenvalue weighted by Gasteiger charge is 2.41. The van der Waals surface area contributed by atoms with E-state index in [9.17, 15) is 18.0 Å². The van der Waals surface area contributed by atoms with Crippen LogP contribution >= 0.6 is 0 Å². The molecule has 2 saturated carbocycles. The zero-order valence-corrected chi connectivity index (χ0v) is 17.9. The Bertz CT molecular complexity index is 785. The predicted molar refractivity (Wildman–Crippen MR) is 115 cm³/mol. The average molecular weight is 433 g/mol. The van der Waals surface area contributed by atoms with Crippen LogP contribution in [-0.2, 0) is 4.79 Å². The second-order valence-corrected chi connectivity index (χ2v) is 8.89. The Labute approximate surface area is 183 Å². The van der Waals surface area contributed by atoms with Crippen LogP contribution in [0.5, 0.6) is 5.75 Å². The first-order valence-electron chi connectivity index (χ1n) is 11.4. The number of rotatable bonds is 5. The van der Waals surface area contributed by atoms with E-state index >= 15 is 0 Å². The average Bonchev–Trinajstić information content (AvgIpc) is 2.77. The van der Waals surface area contributed by atoms with Crippen LogP contribution < -0.4 is 4.74 Å². The van der Waals surface area contributed by atoms with Crippen LogP contribution in [0.4, 0.5) is 13.2 Å². The van der Waals surface area contributed by atoms with Crippen LogP contribution in [0.2, 0.25) is 0 Å². The molecule has 3 rings (SSSR count). The fourth-order valence-corrected chi connectivity index (χ4v) is 4.60. The van der Waals surface area contributed by atoms with Crippen LogP contribution in [0.25, 0.3) is 0 Å². The van der Waals surface area contributed by atoms with E-state index in [0.29, 0.717) is 24.5 Å². The van der Waals surface area contributed by atoms with E-state index in [1.54, 1.807) is 24.3 Å². The van der Waals surface area contributed by atoms with E-state index in [2.05, 4.69) is 18.4 Å². The number of allylic oxidation sites excluding steroid dienone is 1. The third kappa shape index (κ3) is 7.16. The highest BCUT2D eigenvalue weighted by atomic mass is 19.4. The standard InChI is InChI=1S/C26H31F3O2/c1-2-3-4-19-7-13-22(14-8-19)25(30)31-24-17-11-21(12-18-24)6-5-20-9-15-23(16-10-20)26(27,28)29/h2,11-12,17-20,22-23H,1,3-4,7-10,13-16H2/t19-,20-,22-,23-. The molecule has 5 heteroatoms. The molecular weight excluding hydrogens is 401 g/mol. The SMILES string of the molecule is C=CCC[C@H]1CC[C@H](C(=O)Oc2ccc(C#C[C@H]3CC[C@H](C(F)(F)F)CC3)cc2)CC1. The van der Waals surface area contributed by atoms with Crippen molar-refractivity contribution in [3.8, 4) is 17.6 Å². The summed E-state index contributed by atoms with van der Waals surface area (Å²) in [7, 11) is 0. The van der Waals surface area contributed by atoms with E-state index in [-0.39, 0.29) is 30.6 Å². The molecule has 0 aromatic heterocycles. The van der Waals surface area contributed by atoms with E-state index in [1.165, 1.54) is 0 Å². The Morgan fingerprint density at radius 2 is 1.68 bits per heavy atom. The van der Waals surface area contributed by atoms with Crippen LogP contribution in [0.3, 0.4) is 0 Å². The maximum absolute atomic E-state index is 12.8. The summed E-state index contributed by atoms with van der Waals surface area (Å²) in [4.78, 5) is 12.5. The zero-order chi connectivity index (χ0) is 22.3. The lowest BCUT2D eigenvalue weighted by Crippen LogP contribution is -2.27. The number of hydrogen-bond acceptors (Lipinski definition) is 2. The summed E-state index contributed by atoms with van der Waals surface area (Å²) in [6, 6.07) is 7.06. The Hall–Kier alpha value is -2.22. The molecule has 0 aliphatic heterocycles. The molecule has 0 heterocycles. The number of halogens is 3. The topological polar surface area (TPSA) is 26.3 Å². The van der Waals surface area contributed by atoms with Gasteiger partial charge in [-0.3, -0.25) is 4.79 Å². The van der Waals surface area contributed by atoms with E-state index in [4.69, 9.17) is 4.74 Å². The third-order valence-electron chi connectivity index (χ3n) is 6.64. The van der Waals surface area contributed by atoms with Gasteiger partial charge in [-0.05, 0) is 94.4 Å². The number of carbonyl (C=O) groups excluding carboxylic acids is 1. The number of esters is 1. The van der Waals surface area contributed by atoms with Crippen LogP contribution in [-0.4, -0.2) is 12.1 Å². The predicted octanol–water partition coefficient (Wildman–Crippen LogP) is 7.08. The van der Waals surface area contributed by atoms with Crippen molar-refractivity contribution >= 4 is 5.97 Å². The molecule has 1 aromatic rings. The quantitative estimate of drug-likeness (QED) is 0.215. The summed E-state index contributed by atoms with van der Waals surface area (Å²) in [6.45, 7) is 3.77. The summed E-state index contributed by atoms with van der Waals surface area (Å²) < 4.78 is 43.8. The summed E-state index contributed by atoms with van der Waals surface area (Å²) in [5.41, 5.74) is 0.778. The lowest BCUT2D eigenvalue weighted by atomic mass is 9.80. The molecule has 0 bridgehead atoms. The van der Waals surface area contributed by atoms with Gasteiger partial charge in [0.2, 0.25) is 0 Å². The summed E-state index contributed by atoms with van der Waals surface area (Å²) in [6.07, 6.45) is 5.22. The second-order valence-electron chi connectivity index (χ2n) is 8.89.